The summed E-state index contributed by atoms with van der Waals surface area (Å²) in [6.45, 7) is 4.13. The van der Waals surface area contributed by atoms with Gasteiger partial charge in [-0.1, -0.05) is 31.2 Å². The fourth-order valence-electron chi connectivity index (χ4n) is 3.44. The molecule has 0 N–H and O–H groups in total. The molecule has 1 unspecified atom stereocenters. The quantitative estimate of drug-likeness (QED) is 0.439. The van der Waals surface area contributed by atoms with E-state index in [1.807, 2.05) is 25.1 Å². The van der Waals surface area contributed by atoms with Crippen LogP contribution in [-0.2, 0) is 35.0 Å². The van der Waals surface area contributed by atoms with Gasteiger partial charge in [0.05, 0.1) is 25.2 Å². The Hall–Kier alpha value is -2.50. The van der Waals surface area contributed by atoms with Gasteiger partial charge in [0, 0.05) is 0 Å². The van der Waals surface area contributed by atoms with E-state index in [1.54, 1.807) is 14.0 Å². The standard InChI is InChI=1S/C24H29F3O3/c1-4-19(23(28)30-5-2)15-18-11-14-22(29-3)20(16-18)8-6-7-17-9-12-21(13-10-17)24(25,26)27/h9-14,16,19H,4-8,15H2,1-3H3. The molecule has 2 rings (SSSR count). The highest BCUT2D eigenvalue weighted by Gasteiger charge is 2.29. The number of benzene rings is 2. The number of halogens is 3. The van der Waals surface area contributed by atoms with E-state index in [-0.39, 0.29) is 11.9 Å². The van der Waals surface area contributed by atoms with E-state index < -0.39 is 11.7 Å². The Balaban J connectivity index is 2.02. The van der Waals surface area contributed by atoms with Crippen LogP contribution in [0.15, 0.2) is 42.5 Å². The average Bonchev–Trinajstić information content (AvgIpc) is 2.72. The first kappa shape index (κ1) is 23.8. The lowest BCUT2D eigenvalue weighted by molar-refractivity contribution is -0.148. The van der Waals surface area contributed by atoms with Gasteiger partial charge in [-0.15, -0.1) is 0 Å². The van der Waals surface area contributed by atoms with E-state index in [2.05, 4.69) is 0 Å². The van der Waals surface area contributed by atoms with Crippen LogP contribution >= 0.6 is 0 Å². The molecule has 6 heteroatoms. The summed E-state index contributed by atoms with van der Waals surface area (Å²) in [4.78, 5) is 12.1. The second-order valence-electron chi connectivity index (χ2n) is 7.26. The van der Waals surface area contributed by atoms with Crippen LogP contribution < -0.4 is 4.74 Å². The van der Waals surface area contributed by atoms with Crippen LogP contribution in [0, 0.1) is 5.92 Å². The van der Waals surface area contributed by atoms with Gasteiger partial charge in [-0.2, -0.15) is 13.2 Å². The van der Waals surface area contributed by atoms with Crippen molar-refractivity contribution in [3.63, 3.8) is 0 Å². The van der Waals surface area contributed by atoms with Crippen LogP contribution in [0.5, 0.6) is 5.75 Å². The van der Waals surface area contributed by atoms with E-state index in [0.717, 1.165) is 47.4 Å². The maximum atomic E-state index is 12.7. The zero-order valence-electron chi connectivity index (χ0n) is 17.7. The number of esters is 1. The molecule has 0 aliphatic carbocycles. The fourth-order valence-corrected chi connectivity index (χ4v) is 3.44. The molecule has 3 nitrogen and oxygen atoms in total. The van der Waals surface area contributed by atoms with Crippen molar-refractivity contribution in [3.8, 4) is 5.75 Å². The summed E-state index contributed by atoms with van der Waals surface area (Å²) in [5, 5.41) is 0. The Bertz CT molecular complexity index is 813. The molecule has 164 valence electrons. The zero-order chi connectivity index (χ0) is 22.1. The third-order valence-corrected chi connectivity index (χ3v) is 5.13. The van der Waals surface area contributed by atoms with Crippen molar-refractivity contribution in [2.45, 2.75) is 52.1 Å². The van der Waals surface area contributed by atoms with E-state index >= 15 is 0 Å². The largest absolute Gasteiger partial charge is 0.496 e. The number of alkyl halides is 3. The first-order valence-corrected chi connectivity index (χ1v) is 10.3. The third-order valence-electron chi connectivity index (χ3n) is 5.13. The summed E-state index contributed by atoms with van der Waals surface area (Å²) in [5.41, 5.74) is 2.31. The van der Waals surface area contributed by atoms with Crippen LogP contribution in [0.1, 0.15) is 48.9 Å². The lowest BCUT2D eigenvalue weighted by Crippen LogP contribution is -2.19. The van der Waals surface area contributed by atoms with E-state index in [0.29, 0.717) is 25.9 Å². The van der Waals surface area contributed by atoms with Crippen molar-refractivity contribution in [1.82, 2.24) is 0 Å². The molecule has 30 heavy (non-hydrogen) atoms. The molecule has 0 aromatic heterocycles. The van der Waals surface area contributed by atoms with Gasteiger partial charge in [0.15, 0.2) is 0 Å². The summed E-state index contributed by atoms with van der Waals surface area (Å²) >= 11 is 0. The lowest BCUT2D eigenvalue weighted by atomic mass is 9.94. The molecule has 0 heterocycles. The predicted octanol–water partition coefficient (Wildman–Crippen LogP) is 6.02. The zero-order valence-corrected chi connectivity index (χ0v) is 17.7. The van der Waals surface area contributed by atoms with Gasteiger partial charge in [0.25, 0.3) is 0 Å². The molecule has 0 aliphatic heterocycles. The number of ether oxygens (including phenoxy) is 2. The molecular formula is C24H29F3O3. The highest BCUT2D eigenvalue weighted by atomic mass is 19.4. The summed E-state index contributed by atoms with van der Waals surface area (Å²) in [6.07, 6.45) is -0.827. The summed E-state index contributed by atoms with van der Waals surface area (Å²) in [7, 11) is 1.61. The minimum atomic E-state index is -4.31. The first-order valence-electron chi connectivity index (χ1n) is 10.3. The number of carbonyl (C=O) groups excluding carboxylic acids is 1. The summed E-state index contributed by atoms with van der Waals surface area (Å²) in [5.74, 6) is 0.411. The number of aryl methyl sites for hydroxylation is 2. The number of hydrogen-bond donors (Lipinski definition) is 0. The minimum Gasteiger partial charge on any atom is -0.496 e. The molecule has 0 aliphatic rings. The van der Waals surface area contributed by atoms with Gasteiger partial charge in [-0.05, 0) is 73.9 Å². The number of carbonyl (C=O) groups is 1. The van der Waals surface area contributed by atoms with Crippen molar-refractivity contribution < 1.29 is 27.4 Å². The molecule has 0 amide bonds. The molecule has 1 atom stereocenters. The Morgan fingerprint density at radius 2 is 1.67 bits per heavy atom. The normalized spacial score (nSPS) is 12.5. The molecule has 0 saturated carbocycles. The van der Waals surface area contributed by atoms with Crippen LogP contribution in [0.25, 0.3) is 0 Å². The van der Waals surface area contributed by atoms with Crippen LogP contribution in [0.2, 0.25) is 0 Å². The van der Waals surface area contributed by atoms with Gasteiger partial charge in [-0.25, -0.2) is 0 Å². The molecule has 0 bridgehead atoms. The van der Waals surface area contributed by atoms with E-state index in [1.165, 1.54) is 12.1 Å². The Morgan fingerprint density at radius 1 is 1.00 bits per heavy atom. The fraction of sp³-hybridized carbons (Fsp3) is 0.458. The lowest BCUT2D eigenvalue weighted by Gasteiger charge is -2.16. The van der Waals surface area contributed by atoms with Gasteiger partial charge in [0.2, 0.25) is 0 Å². The van der Waals surface area contributed by atoms with Crippen LogP contribution in [0.4, 0.5) is 13.2 Å². The van der Waals surface area contributed by atoms with Crippen molar-refractivity contribution >= 4 is 5.97 Å². The van der Waals surface area contributed by atoms with Crippen molar-refractivity contribution in [1.29, 1.82) is 0 Å². The monoisotopic (exact) mass is 422 g/mol. The molecule has 0 spiro atoms. The number of rotatable bonds is 10. The highest BCUT2D eigenvalue weighted by Crippen LogP contribution is 2.29. The van der Waals surface area contributed by atoms with Crippen molar-refractivity contribution in [3.05, 3.63) is 64.7 Å². The van der Waals surface area contributed by atoms with E-state index in [4.69, 9.17) is 9.47 Å². The topological polar surface area (TPSA) is 35.5 Å². The Kier molecular flexibility index (Phi) is 8.75. The molecule has 2 aromatic carbocycles. The van der Waals surface area contributed by atoms with Gasteiger partial charge < -0.3 is 9.47 Å². The van der Waals surface area contributed by atoms with Crippen molar-refractivity contribution in [2.75, 3.05) is 13.7 Å². The smallest absolute Gasteiger partial charge is 0.416 e. The molecule has 0 saturated heterocycles. The minimum absolute atomic E-state index is 0.181. The maximum Gasteiger partial charge on any atom is 0.416 e. The second kappa shape index (κ2) is 11.0. The number of hydrogen-bond acceptors (Lipinski definition) is 3. The Labute approximate surface area is 176 Å². The second-order valence-corrected chi connectivity index (χ2v) is 7.26. The first-order chi connectivity index (χ1) is 14.3. The summed E-state index contributed by atoms with van der Waals surface area (Å²) < 4.78 is 48.6. The Morgan fingerprint density at radius 3 is 2.23 bits per heavy atom. The molecular weight excluding hydrogens is 393 g/mol. The number of methoxy groups -OCH3 is 1. The van der Waals surface area contributed by atoms with Crippen LogP contribution in [-0.4, -0.2) is 19.7 Å². The maximum absolute atomic E-state index is 12.7. The molecule has 0 fully saturated rings. The van der Waals surface area contributed by atoms with E-state index in [9.17, 15) is 18.0 Å². The molecule has 2 aromatic rings. The van der Waals surface area contributed by atoms with Crippen LogP contribution in [0.3, 0.4) is 0 Å². The third kappa shape index (κ3) is 6.78. The molecule has 0 radical (unpaired) electrons. The summed E-state index contributed by atoms with van der Waals surface area (Å²) in [6, 6.07) is 11.2. The van der Waals surface area contributed by atoms with Gasteiger partial charge in [0.1, 0.15) is 5.75 Å². The van der Waals surface area contributed by atoms with Gasteiger partial charge >= 0.3 is 12.1 Å². The van der Waals surface area contributed by atoms with Crippen molar-refractivity contribution in [2.24, 2.45) is 5.92 Å². The van der Waals surface area contributed by atoms with Gasteiger partial charge in [-0.3, -0.25) is 4.79 Å². The average molecular weight is 422 g/mol. The predicted molar refractivity (Wildman–Crippen MR) is 111 cm³/mol. The SMILES string of the molecule is CCOC(=O)C(CC)Cc1ccc(OC)c(CCCc2ccc(C(F)(F)F)cc2)c1. The highest BCUT2D eigenvalue weighted by molar-refractivity contribution is 5.72.